The molecule has 2 aromatic rings. The molecule has 3 rings (SSSR count). The number of rotatable bonds is 5. The van der Waals surface area contributed by atoms with Crippen molar-refractivity contribution in [3.63, 3.8) is 0 Å². The van der Waals surface area contributed by atoms with Crippen LogP contribution in [0.15, 0.2) is 35.5 Å². The summed E-state index contributed by atoms with van der Waals surface area (Å²) < 4.78 is 0. The van der Waals surface area contributed by atoms with E-state index in [1.165, 1.54) is 24.6 Å². The van der Waals surface area contributed by atoms with E-state index in [0.717, 1.165) is 17.8 Å². The molecular weight excluding hydrogens is 332 g/mol. The lowest BCUT2D eigenvalue weighted by molar-refractivity contribution is -0.121. The Labute approximate surface area is 153 Å². The highest BCUT2D eigenvalue weighted by Gasteiger charge is 2.29. The molecular formula is C19H26N4OS. The Kier molecular flexibility index (Phi) is 5.78. The van der Waals surface area contributed by atoms with Crippen molar-refractivity contribution < 1.29 is 4.79 Å². The van der Waals surface area contributed by atoms with Gasteiger partial charge in [0.25, 0.3) is 0 Å². The minimum Gasteiger partial charge on any atom is -0.352 e. The zero-order valence-corrected chi connectivity index (χ0v) is 15.8. The van der Waals surface area contributed by atoms with Gasteiger partial charge in [0, 0.05) is 11.6 Å². The summed E-state index contributed by atoms with van der Waals surface area (Å²) in [5, 5.41) is 10.8. The zero-order valence-electron chi connectivity index (χ0n) is 15.0. The monoisotopic (exact) mass is 358 g/mol. The van der Waals surface area contributed by atoms with Crippen LogP contribution >= 0.6 is 11.8 Å². The normalized spacial score (nSPS) is 24.7. The summed E-state index contributed by atoms with van der Waals surface area (Å²) >= 11 is 1.39. The molecule has 1 heterocycles. The van der Waals surface area contributed by atoms with Gasteiger partial charge in [0.2, 0.25) is 11.1 Å². The van der Waals surface area contributed by atoms with Gasteiger partial charge in [0.15, 0.2) is 5.82 Å². The quantitative estimate of drug-likeness (QED) is 0.796. The number of aromatic amines is 1. The van der Waals surface area contributed by atoms with Crippen molar-refractivity contribution in [3.8, 4) is 11.4 Å². The molecule has 0 unspecified atom stereocenters. The van der Waals surface area contributed by atoms with Gasteiger partial charge in [0.05, 0.1) is 5.25 Å². The van der Waals surface area contributed by atoms with E-state index in [1.54, 1.807) is 0 Å². The molecule has 1 aromatic heterocycles. The first-order valence-electron chi connectivity index (χ1n) is 8.99. The van der Waals surface area contributed by atoms with Crippen molar-refractivity contribution in [1.82, 2.24) is 20.5 Å². The van der Waals surface area contributed by atoms with E-state index in [2.05, 4.69) is 34.3 Å². The average Bonchev–Trinajstić information content (AvgIpc) is 3.08. The first-order chi connectivity index (χ1) is 12.0. The van der Waals surface area contributed by atoms with Crippen LogP contribution in [-0.2, 0) is 4.79 Å². The summed E-state index contributed by atoms with van der Waals surface area (Å²) in [4.78, 5) is 17.0. The van der Waals surface area contributed by atoms with E-state index in [4.69, 9.17) is 0 Å². The molecule has 6 heteroatoms. The van der Waals surface area contributed by atoms with Gasteiger partial charge in [-0.2, -0.15) is 0 Å². The number of amides is 1. The van der Waals surface area contributed by atoms with E-state index >= 15 is 0 Å². The molecule has 134 valence electrons. The third kappa shape index (κ3) is 4.42. The maximum atomic E-state index is 12.5. The van der Waals surface area contributed by atoms with Crippen molar-refractivity contribution in [2.45, 2.75) is 56.5 Å². The Morgan fingerprint density at radius 2 is 2.04 bits per heavy atom. The van der Waals surface area contributed by atoms with Crippen LogP contribution in [0.1, 0.15) is 40.0 Å². The van der Waals surface area contributed by atoms with E-state index in [-0.39, 0.29) is 17.2 Å². The maximum absolute atomic E-state index is 12.5. The first-order valence-corrected chi connectivity index (χ1v) is 9.87. The number of carbonyl (C=O) groups is 1. The molecule has 5 nitrogen and oxygen atoms in total. The van der Waals surface area contributed by atoms with Crippen LogP contribution in [0.5, 0.6) is 0 Å². The molecule has 4 atom stereocenters. The zero-order chi connectivity index (χ0) is 17.8. The predicted molar refractivity (Wildman–Crippen MR) is 101 cm³/mol. The first kappa shape index (κ1) is 18.0. The summed E-state index contributed by atoms with van der Waals surface area (Å²) in [6, 6.07) is 10.1. The van der Waals surface area contributed by atoms with Crippen molar-refractivity contribution in [2.24, 2.45) is 11.8 Å². The molecule has 0 saturated heterocycles. The van der Waals surface area contributed by atoms with Crippen LogP contribution in [-0.4, -0.2) is 32.4 Å². The van der Waals surface area contributed by atoms with Gasteiger partial charge in [0.1, 0.15) is 0 Å². The number of thioether (sulfide) groups is 1. The number of carbonyl (C=O) groups excluding carboxylic acids is 1. The number of hydrogen-bond donors (Lipinski definition) is 2. The molecule has 1 aliphatic carbocycles. The van der Waals surface area contributed by atoms with Crippen molar-refractivity contribution in [2.75, 3.05) is 0 Å². The molecule has 2 N–H and O–H groups in total. The van der Waals surface area contributed by atoms with Gasteiger partial charge >= 0.3 is 0 Å². The second kappa shape index (κ2) is 8.04. The number of nitrogens with one attached hydrogen (secondary N) is 2. The minimum atomic E-state index is -0.219. The second-order valence-corrected chi connectivity index (χ2v) is 8.28. The van der Waals surface area contributed by atoms with Gasteiger partial charge in [-0.25, -0.2) is 4.98 Å². The van der Waals surface area contributed by atoms with Crippen LogP contribution in [0.25, 0.3) is 11.4 Å². The van der Waals surface area contributed by atoms with Crippen LogP contribution in [0.4, 0.5) is 0 Å². The van der Waals surface area contributed by atoms with Gasteiger partial charge in [-0.15, -0.1) is 5.10 Å². The van der Waals surface area contributed by atoms with E-state index in [9.17, 15) is 4.79 Å². The van der Waals surface area contributed by atoms with E-state index in [1.807, 2.05) is 37.3 Å². The summed E-state index contributed by atoms with van der Waals surface area (Å²) in [6.45, 7) is 6.43. The van der Waals surface area contributed by atoms with E-state index in [0.29, 0.717) is 17.0 Å². The molecule has 1 aromatic carbocycles. The summed E-state index contributed by atoms with van der Waals surface area (Å²) in [5.41, 5.74) is 0.990. The van der Waals surface area contributed by atoms with E-state index < -0.39 is 0 Å². The predicted octanol–water partition coefficient (Wildman–Crippen LogP) is 3.89. The minimum absolute atomic E-state index is 0.0713. The molecule has 0 bridgehead atoms. The van der Waals surface area contributed by atoms with Gasteiger partial charge in [-0.3, -0.25) is 9.89 Å². The highest BCUT2D eigenvalue weighted by Crippen LogP contribution is 2.30. The fourth-order valence-corrected chi connectivity index (χ4v) is 4.06. The highest BCUT2D eigenvalue weighted by atomic mass is 32.2. The Morgan fingerprint density at radius 3 is 2.80 bits per heavy atom. The topological polar surface area (TPSA) is 70.7 Å². The summed E-state index contributed by atoms with van der Waals surface area (Å²) in [7, 11) is 0. The molecule has 0 aliphatic heterocycles. The van der Waals surface area contributed by atoms with Gasteiger partial charge < -0.3 is 5.32 Å². The van der Waals surface area contributed by atoms with Crippen LogP contribution in [0, 0.1) is 11.8 Å². The maximum Gasteiger partial charge on any atom is 0.233 e. The summed E-state index contributed by atoms with van der Waals surface area (Å²) in [6.07, 6.45) is 3.53. The van der Waals surface area contributed by atoms with Crippen LogP contribution < -0.4 is 5.32 Å². The molecule has 0 radical (unpaired) electrons. The smallest absolute Gasteiger partial charge is 0.233 e. The van der Waals surface area contributed by atoms with Gasteiger partial charge in [-0.05, 0) is 25.2 Å². The average molecular weight is 359 g/mol. The lowest BCUT2D eigenvalue weighted by atomic mass is 9.78. The molecule has 1 saturated carbocycles. The molecule has 1 amide bonds. The third-order valence-electron chi connectivity index (χ3n) is 5.20. The Balaban J connectivity index is 1.57. The van der Waals surface area contributed by atoms with Crippen molar-refractivity contribution in [1.29, 1.82) is 0 Å². The van der Waals surface area contributed by atoms with Gasteiger partial charge in [-0.1, -0.05) is 68.8 Å². The Bertz CT molecular complexity index is 702. The number of hydrogen-bond acceptors (Lipinski definition) is 4. The highest BCUT2D eigenvalue weighted by molar-refractivity contribution is 8.00. The fraction of sp³-hybridized carbons (Fsp3) is 0.526. The number of aromatic nitrogens is 3. The second-order valence-electron chi connectivity index (χ2n) is 6.98. The molecule has 0 spiro atoms. The molecule has 1 aliphatic rings. The Morgan fingerprint density at radius 1 is 1.28 bits per heavy atom. The molecule has 1 fully saturated rings. The summed E-state index contributed by atoms with van der Waals surface area (Å²) in [5.74, 6) is 2.00. The molecule has 25 heavy (non-hydrogen) atoms. The lowest BCUT2D eigenvalue weighted by Gasteiger charge is -2.35. The van der Waals surface area contributed by atoms with Crippen molar-refractivity contribution >= 4 is 17.7 Å². The third-order valence-corrected chi connectivity index (χ3v) is 6.16. The largest absolute Gasteiger partial charge is 0.352 e. The lowest BCUT2D eigenvalue weighted by Crippen LogP contribution is -2.46. The van der Waals surface area contributed by atoms with Crippen molar-refractivity contribution in [3.05, 3.63) is 30.3 Å². The van der Waals surface area contributed by atoms with Crippen LogP contribution in [0.3, 0.4) is 0 Å². The fourth-order valence-electron chi connectivity index (χ4n) is 3.32. The number of benzene rings is 1. The standard InChI is InChI=1S/C19H26N4OS/c1-12-8-7-11-16(13(12)2)20-18(24)14(3)25-19-21-17(22-23-19)15-9-5-4-6-10-15/h4-6,9-10,12-14,16H,7-8,11H2,1-3H3,(H,20,24)(H,21,22,23)/t12-,13+,14+,16+/m0/s1. The number of H-pyrrole nitrogens is 1. The Hall–Kier alpha value is -1.82. The number of nitrogens with zero attached hydrogens (tertiary/aromatic N) is 2. The SMILES string of the molecule is C[C@@H]1[C@@H](C)CCC[C@H]1NC(=O)[C@@H](C)Sc1n[nH]c(-c2ccccc2)n1. The van der Waals surface area contributed by atoms with Crippen LogP contribution in [0.2, 0.25) is 0 Å².